The van der Waals surface area contributed by atoms with E-state index in [9.17, 15) is 0 Å². The van der Waals surface area contributed by atoms with Crippen molar-refractivity contribution in [3.05, 3.63) is 0 Å². The van der Waals surface area contributed by atoms with E-state index in [1.807, 2.05) is 0 Å². The molecule has 5 heavy (non-hydrogen) atoms. The van der Waals surface area contributed by atoms with Crippen molar-refractivity contribution in [3.8, 4) is 0 Å². The summed E-state index contributed by atoms with van der Waals surface area (Å²) in [5.74, 6) is 0. The number of hydrogen-bond donors (Lipinski definition) is 0. The van der Waals surface area contributed by atoms with Crippen LogP contribution in [0.1, 0.15) is 0 Å². The van der Waals surface area contributed by atoms with E-state index in [4.69, 9.17) is 4.46 Å². The van der Waals surface area contributed by atoms with Crippen LogP contribution in [0.4, 0.5) is 0 Å². The fourth-order valence-electron chi connectivity index (χ4n) is 0. The first-order valence-electron chi connectivity index (χ1n) is 0.569. The normalized spacial score (nSPS) is 2.60. The van der Waals surface area contributed by atoms with E-state index in [2.05, 4.69) is 8.79 Å². The summed E-state index contributed by atoms with van der Waals surface area (Å²) in [6, 6.07) is 0. The van der Waals surface area contributed by atoms with E-state index in [0.29, 0.717) is 0 Å². The third kappa shape index (κ3) is 28.3. The van der Waals surface area contributed by atoms with Crippen LogP contribution in [0.2, 0.25) is 0 Å². The van der Waals surface area contributed by atoms with E-state index >= 15 is 0 Å². The van der Waals surface area contributed by atoms with Crippen molar-refractivity contribution in [2.45, 2.75) is 0 Å². The van der Waals surface area contributed by atoms with Gasteiger partial charge in [-0.2, -0.15) is 0 Å². The largest absolute Gasteiger partial charge is 0.387 e. The summed E-state index contributed by atoms with van der Waals surface area (Å²) in [6.45, 7) is 0. The molecule has 0 aromatic rings. The van der Waals surface area contributed by atoms with Crippen LogP contribution < -0.4 is 0 Å². The molecule has 0 aliphatic heterocycles. The second kappa shape index (κ2) is 17.5. The molecule has 0 N–H and O–H groups in total. The molecule has 0 radical (unpaired) electrons. The summed E-state index contributed by atoms with van der Waals surface area (Å²) >= 11 is 0. The smallest absolute Gasteiger partial charge is 0.282 e. The van der Waals surface area contributed by atoms with E-state index in [1.165, 1.54) is 0 Å². The zero-order valence-corrected chi connectivity index (χ0v) is 7.55. The van der Waals surface area contributed by atoms with Crippen molar-refractivity contribution in [1.82, 2.24) is 0 Å². The van der Waals surface area contributed by atoms with E-state index in [-0.39, 0.29) is 36.8 Å². The minimum Gasteiger partial charge on any atom is -0.387 e. The fourth-order valence-corrected chi connectivity index (χ4v) is 0. The summed E-state index contributed by atoms with van der Waals surface area (Å²) < 4.78 is 8.98. The van der Waals surface area contributed by atoms with Crippen molar-refractivity contribution in [1.29, 1.82) is 0 Å². The quantitative estimate of drug-likeness (QED) is 0.318. The summed E-state index contributed by atoms with van der Waals surface area (Å²) in [5.41, 5.74) is 0. The Morgan fingerprint density at radius 1 is 1.60 bits per heavy atom. The van der Waals surface area contributed by atoms with Gasteiger partial charge in [-0.1, -0.05) is 8.79 Å². The van der Waals surface area contributed by atoms with Crippen LogP contribution in [0.25, 0.3) is 0 Å². The molecule has 0 rings (SSSR count). The molecule has 0 aliphatic carbocycles. The van der Waals surface area contributed by atoms with Gasteiger partial charge in [0.15, 0.2) is 17.4 Å². The third-order valence-electron chi connectivity index (χ3n) is 0. The Bertz CT molecular complexity index is 19.1. The zero-order chi connectivity index (χ0) is 2.71. The number of rotatable bonds is 0. The molecule has 1 unspecified atom stereocenters. The Hall–Kier alpha value is 1.60. The Labute approximate surface area is 59.1 Å². The van der Waals surface area contributed by atoms with E-state index in [1.54, 1.807) is 0 Å². The van der Waals surface area contributed by atoms with E-state index < -0.39 is 9.07 Å². The summed E-state index contributed by atoms with van der Waals surface area (Å²) in [4.78, 5) is 0. The first kappa shape index (κ1) is 16.0. The van der Waals surface area contributed by atoms with Crippen molar-refractivity contribution < 1.29 is 23.9 Å². The Morgan fingerprint density at radius 3 is 1.60 bits per heavy atom. The van der Waals surface area contributed by atoms with Crippen LogP contribution >= 0.6 is 8.79 Å². The molecule has 0 aliphatic rings. The maximum Gasteiger partial charge on any atom is 0.282 e. The molecule has 26 valence electrons. The predicted octanol–water partition coefficient (Wildman–Crippen LogP) is -1.63. The van der Waals surface area contributed by atoms with Gasteiger partial charge in [-0.25, -0.2) is 0 Å². The predicted molar refractivity (Wildman–Crippen MR) is 27.5 cm³/mol. The Balaban J connectivity index is -0.0000000200. The van der Waals surface area contributed by atoms with Gasteiger partial charge in [-0.15, -0.1) is 0 Å². The fraction of sp³-hybridized carbons (Fsp3) is 0. The maximum atomic E-state index is 8.98. The third-order valence-corrected chi connectivity index (χ3v) is 0. The van der Waals surface area contributed by atoms with Crippen LogP contribution in [0.15, 0.2) is 0 Å². The summed E-state index contributed by atoms with van der Waals surface area (Å²) in [6.07, 6.45) is 0. The molecule has 0 bridgehead atoms. The average molecular weight is 173 g/mol. The molecule has 0 fully saturated rings. The second-order valence-electron chi connectivity index (χ2n) is 0.136. The molecule has 1 atom stereocenters. The van der Waals surface area contributed by atoms with Crippen LogP contribution in [-0.2, 0) is 23.9 Å². The van der Waals surface area contributed by atoms with Gasteiger partial charge in [-0.3, -0.25) is 0 Å². The molecule has 5 heteroatoms. The second-order valence-corrected chi connectivity index (χ2v) is 1.22. The molecule has 0 saturated heterocycles. The van der Waals surface area contributed by atoms with Gasteiger partial charge in [0.2, 0.25) is 0 Å². The minimum absolute atomic E-state index is 0. The zero-order valence-electron chi connectivity index (χ0n) is 2.27. The molecule has 0 spiro atoms. The molecule has 0 saturated carbocycles. The minimum atomic E-state index is -0.583. The molecule has 1 nitrogen and oxygen atoms in total. The average Bonchev–Trinajstić information content (AvgIpc) is 0.918. The van der Waals surface area contributed by atoms with Crippen LogP contribution in [0.5, 0.6) is 0 Å². The first-order valence-corrected chi connectivity index (χ1v) is 3.71. The standard InChI is InChI=1S/Al.H3OPSi.Zn.3H/c;1-3-2;;;;/h;3H,2H2;;;;. The number of hydrogen-bond acceptors (Lipinski definition) is 1. The van der Waals surface area contributed by atoms with Crippen LogP contribution in [0, 0.1) is 0 Å². The van der Waals surface area contributed by atoms with Gasteiger partial charge in [0.1, 0.15) is 0 Å². The first-order chi connectivity index (χ1) is 1.41. The van der Waals surface area contributed by atoms with Gasteiger partial charge >= 0.3 is 0 Å². The molecular weight excluding hydrogens is 167 g/mol. The van der Waals surface area contributed by atoms with Crippen molar-refractivity contribution in [3.63, 3.8) is 0 Å². The van der Waals surface area contributed by atoms with Gasteiger partial charge in [0.25, 0.3) is 9.07 Å². The van der Waals surface area contributed by atoms with Crippen LogP contribution in [0.3, 0.4) is 0 Å². The molecule has 0 aromatic carbocycles. The van der Waals surface area contributed by atoms with E-state index in [0.717, 1.165) is 0 Å². The van der Waals surface area contributed by atoms with Crippen molar-refractivity contribution in [2.75, 3.05) is 0 Å². The molecule has 0 amide bonds. The summed E-state index contributed by atoms with van der Waals surface area (Å²) in [7, 11) is 1.52. The summed E-state index contributed by atoms with van der Waals surface area (Å²) in [5, 5.41) is 0. The van der Waals surface area contributed by atoms with Gasteiger partial charge in [0.05, 0.1) is 0 Å². The SMILES string of the molecule is O=[SiH]P.[AlH3].[Zn]. The molecule has 0 aromatic heterocycles. The molecular formula is H6AlOPSiZn. The van der Waals surface area contributed by atoms with Gasteiger partial charge in [0, 0.05) is 19.5 Å². The Kier molecular flexibility index (Phi) is 56.0. The van der Waals surface area contributed by atoms with Crippen LogP contribution in [-0.4, -0.2) is 26.4 Å². The van der Waals surface area contributed by atoms with Crippen molar-refractivity contribution >= 4 is 35.2 Å². The molecule has 0 heterocycles. The van der Waals surface area contributed by atoms with Gasteiger partial charge < -0.3 is 4.46 Å². The van der Waals surface area contributed by atoms with Gasteiger partial charge in [-0.05, 0) is 0 Å². The monoisotopic (exact) mass is 172 g/mol. The van der Waals surface area contributed by atoms with Crippen molar-refractivity contribution in [2.24, 2.45) is 0 Å². The Morgan fingerprint density at radius 2 is 1.60 bits per heavy atom. The topological polar surface area (TPSA) is 17.1 Å². The maximum absolute atomic E-state index is 8.98.